The average molecular weight is 406 g/mol. The van der Waals surface area contributed by atoms with Gasteiger partial charge >= 0.3 is 6.03 Å². The summed E-state index contributed by atoms with van der Waals surface area (Å²) in [7, 11) is 0. The molecule has 0 saturated heterocycles. The summed E-state index contributed by atoms with van der Waals surface area (Å²) in [6.07, 6.45) is 3.35. The number of urea groups is 1. The number of nitrogens with one attached hydrogen (secondary N) is 4. The lowest BCUT2D eigenvalue weighted by Crippen LogP contribution is -2.19. The molecule has 1 aliphatic rings. The van der Waals surface area contributed by atoms with Gasteiger partial charge in [0.25, 0.3) is 5.91 Å². The minimum Gasteiger partial charge on any atom is -0.345 e. The Morgan fingerprint density at radius 1 is 1.20 bits per heavy atom. The second kappa shape index (κ2) is 7.18. The van der Waals surface area contributed by atoms with Crippen LogP contribution in [0.5, 0.6) is 0 Å². The number of anilines is 3. The molecule has 0 aliphatic carbocycles. The Kier molecular flexibility index (Phi) is 4.65. The van der Waals surface area contributed by atoms with Crippen LogP contribution in [0.2, 0.25) is 0 Å². The van der Waals surface area contributed by atoms with E-state index in [4.69, 9.17) is 4.52 Å². The zero-order chi connectivity index (χ0) is 21.5. The molecule has 0 atom stereocenters. The SMILES string of the molecule is Cc1nc[nH]c1C=C1C(=O)Nc2cc(NC(=O)Nc3cc(C(C)(C)C)no3)ccc21. The molecule has 4 N–H and O–H groups in total. The van der Waals surface area contributed by atoms with Gasteiger partial charge in [0.2, 0.25) is 5.88 Å². The summed E-state index contributed by atoms with van der Waals surface area (Å²) in [5.74, 6) is 0.0454. The van der Waals surface area contributed by atoms with Crippen LogP contribution in [0.25, 0.3) is 11.6 Å². The van der Waals surface area contributed by atoms with Crippen molar-refractivity contribution in [3.63, 3.8) is 0 Å². The van der Waals surface area contributed by atoms with Gasteiger partial charge in [-0.25, -0.2) is 9.78 Å². The fraction of sp³-hybridized carbons (Fsp3) is 0.238. The lowest BCUT2D eigenvalue weighted by atomic mass is 9.92. The molecule has 3 aromatic rings. The van der Waals surface area contributed by atoms with Crippen LogP contribution in [0.3, 0.4) is 0 Å². The normalized spacial score (nSPS) is 14.5. The number of fused-ring (bicyclic) bond motifs is 1. The number of aryl methyl sites for hydroxylation is 1. The first-order valence-corrected chi connectivity index (χ1v) is 9.43. The molecule has 9 heteroatoms. The largest absolute Gasteiger partial charge is 0.345 e. The smallest absolute Gasteiger partial charge is 0.326 e. The Bertz CT molecular complexity index is 1170. The fourth-order valence-electron chi connectivity index (χ4n) is 3.04. The van der Waals surface area contributed by atoms with E-state index in [1.807, 2.05) is 27.7 Å². The molecule has 0 bridgehead atoms. The monoisotopic (exact) mass is 406 g/mol. The second-order valence-electron chi connectivity index (χ2n) is 8.08. The number of hydrogen-bond donors (Lipinski definition) is 4. The van der Waals surface area contributed by atoms with Gasteiger partial charge in [-0.15, -0.1) is 0 Å². The maximum atomic E-state index is 12.4. The van der Waals surface area contributed by atoms with Gasteiger partial charge in [-0.2, -0.15) is 0 Å². The highest BCUT2D eigenvalue weighted by atomic mass is 16.5. The van der Waals surface area contributed by atoms with E-state index in [1.165, 1.54) is 0 Å². The molecule has 0 unspecified atom stereocenters. The molecule has 0 fully saturated rings. The van der Waals surface area contributed by atoms with Crippen molar-refractivity contribution < 1.29 is 14.1 Å². The van der Waals surface area contributed by atoms with Gasteiger partial charge in [0.05, 0.1) is 34.7 Å². The van der Waals surface area contributed by atoms with E-state index < -0.39 is 6.03 Å². The van der Waals surface area contributed by atoms with E-state index in [1.54, 1.807) is 36.7 Å². The van der Waals surface area contributed by atoms with Crippen LogP contribution in [0.15, 0.2) is 35.1 Å². The topological polar surface area (TPSA) is 125 Å². The quantitative estimate of drug-likeness (QED) is 0.487. The van der Waals surface area contributed by atoms with Gasteiger partial charge in [0.1, 0.15) is 0 Å². The van der Waals surface area contributed by atoms with E-state index in [-0.39, 0.29) is 17.2 Å². The third kappa shape index (κ3) is 3.82. The number of H-pyrrole nitrogens is 1. The van der Waals surface area contributed by atoms with Gasteiger partial charge in [-0.3, -0.25) is 10.1 Å². The third-order valence-corrected chi connectivity index (χ3v) is 4.73. The first-order valence-electron chi connectivity index (χ1n) is 9.43. The molecular weight excluding hydrogens is 384 g/mol. The van der Waals surface area contributed by atoms with Crippen LogP contribution >= 0.6 is 0 Å². The molecule has 154 valence electrons. The number of carbonyl (C=O) groups excluding carboxylic acids is 2. The molecule has 1 aromatic carbocycles. The zero-order valence-corrected chi connectivity index (χ0v) is 17.1. The minimum absolute atomic E-state index is 0.182. The summed E-state index contributed by atoms with van der Waals surface area (Å²) in [5, 5.41) is 12.1. The van der Waals surface area contributed by atoms with Gasteiger partial charge in [-0.05, 0) is 25.1 Å². The van der Waals surface area contributed by atoms with Crippen molar-refractivity contribution in [1.29, 1.82) is 0 Å². The molecular formula is C21H22N6O3. The van der Waals surface area contributed by atoms with Gasteiger partial charge in [0, 0.05) is 22.7 Å². The van der Waals surface area contributed by atoms with Crippen molar-refractivity contribution in [2.24, 2.45) is 0 Å². The Morgan fingerprint density at radius 3 is 2.67 bits per heavy atom. The predicted octanol–water partition coefficient (Wildman–Crippen LogP) is 4.14. The molecule has 0 spiro atoms. The summed E-state index contributed by atoms with van der Waals surface area (Å²) in [6, 6.07) is 6.44. The Labute approximate surface area is 173 Å². The number of rotatable bonds is 3. The zero-order valence-electron chi connectivity index (χ0n) is 17.1. The lowest BCUT2D eigenvalue weighted by Gasteiger charge is -2.12. The fourth-order valence-corrected chi connectivity index (χ4v) is 3.04. The highest BCUT2D eigenvalue weighted by Crippen LogP contribution is 2.35. The van der Waals surface area contributed by atoms with Crippen LogP contribution < -0.4 is 16.0 Å². The Morgan fingerprint density at radius 2 is 2.00 bits per heavy atom. The molecule has 9 nitrogen and oxygen atoms in total. The summed E-state index contributed by atoms with van der Waals surface area (Å²) in [5.41, 5.74) is 4.58. The van der Waals surface area contributed by atoms with Crippen LogP contribution in [-0.2, 0) is 10.2 Å². The number of carbonyl (C=O) groups is 2. The number of hydrogen-bond acceptors (Lipinski definition) is 5. The molecule has 2 aromatic heterocycles. The Balaban J connectivity index is 1.49. The van der Waals surface area contributed by atoms with Crippen molar-refractivity contribution >= 4 is 40.8 Å². The van der Waals surface area contributed by atoms with Crippen molar-refractivity contribution in [2.75, 3.05) is 16.0 Å². The first kappa shape index (κ1) is 19.4. The summed E-state index contributed by atoms with van der Waals surface area (Å²) in [4.78, 5) is 31.8. The molecule has 4 rings (SSSR count). The van der Waals surface area contributed by atoms with Crippen LogP contribution in [0, 0.1) is 6.92 Å². The van der Waals surface area contributed by atoms with E-state index in [9.17, 15) is 9.59 Å². The highest BCUT2D eigenvalue weighted by Gasteiger charge is 2.25. The standard InChI is InChI=1S/C21H22N6O3/c1-11-15(23-10-22-11)8-14-13-6-5-12(7-16(13)25-19(14)28)24-20(29)26-18-9-17(27-30-18)21(2,3)4/h5-10H,1-4H3,(H,22,23)(H,25,28)(H2,24,26,29). The van der Waals surface area contributed by atoms with E-state index in [0.29, 0.717) is 16.9 Å². The number of aromatic nitrogens is 3. The number of nitrogens with zero attached hydrogens (tertiary/aromatic N) is 2. The average Bonchev–Trinajstić information content (AvgIpc) is 3.35. The summed E-state index contributed by atoms with van der Waals surface area (Å²) >= 11 is 0. The number of amides is 3. The van der Waals surface area contributed by atoms with Crippen molar-refractivity contribution in [3.8, 4) is 0 Å². The van der Waals surface area contributed by atoms with E-state index in [0.717, 1.165) is 22.6 Å². The molecule has 1 aliphatic heterocycles. The lowest BCUT2D eigenvalue weighted by molar-refractivity contribution is -0.110. The predicted molar refractivity (Wildman–Crippen MR) is 114 cm³/mol. The number of aromatic amines is 1. The number of benzene rings is 1. The van der Waals surface area contributed by atoms with Crippen LogP contribution in [0.4, 0.5) is 22.1 Å². The summed E-state index contributed by atoms with van der Waals surface area (Å²) in [6.45, 7) is 7.87. The first-order chi connectivity index (χ1) is 14.2. The summed E-state index contributed by atoms with van der Waals surface area (Å²) < 4.78 is 5.17. The maximum absolute atomic E-state index is 12.4. The van der Waals surface area contributed by atoms with Crippen LogP contribution in [-0.4, -0.2) is 27.1 Å². The van der Waals surface area contributed by atoms with E-state index in [2.05, 4.69) is 31.1 Å². The minimum atomic E-state index is -0.472. The van der Waals surface area contributed by atoms with Crippen molar-refractivity contribution in [3.05, 3.63) is 53.2 Å². The van der Waals surface area contributed by atoms with Gasteiger partial charge in [-0.1, -0.05) is 32.0 Å². The van der Waals surface area contributed by atoms with Gasteiger partial charge < -0.3 is 20.1 Å². The molecule has 3 amide bonds. The van der Waals surface area contributed by atoms with Crippen LogP contribution in [0.1, 0.15) is 43.4 Å². The molecule has 0 radical (unpaired) electrons. The highest BCUT2D eigenvalue weighted by molar-refractivity contribution is 6.35. The maximum Gasteiger partial charge on any atom is 0.326 e. The molecule has 0 saturated carbocycles. The molecule has 3 heterocycles. The number of imidazole rings is 1. The van der Waals surface area contributed by atoms with E-state index >= 15 is 0 Å². The Hall–Kier alpha value is -3.88. The van der Waals surface area contributed by atoms with Crippen molar-refractivity contribution in [1.82, 2.24) is 15.1 Å². The van der Waals surface area contributed by atoms with Crippen molar-refractivity contribution in [2.45, 2.75) is 33.1 Å². The third-order valence-electron chi connectivity index (χ3n) is 4.73. The second-order valence-corrected chi connectivity index (χ2v) is 8.08. The molecule has 30 heavy (non-hydrogen) atoms. The van der Waals surface area contributed by atoms with Gasteiger partial charge in [0.15, 0.2) is 0 Å².